The molecular weight excluding hydrogens is 435 g/mol. The standard InChI is InChI=1S/C24H28F3N3O3/c1-23(2,3)33-22(32)28-20(17-8-5-4-6-9-17)21(31)30-14-12-29(13-15-30)19-11-7-10-18(16-19)24(25,26)27/h4-11,16,20H,12-15H2,1-3H3,(H,28,32). The summed E-state index contributed by atoms with van der Waals surface area (Å²) in [5.74, 6) is -0.296. The number of benzene rings is 2. The molecule has 178 valence electrons. The Kier molecular flexibility index (Phi) is 7.19. The zero-order valence-corrected chi connectivity index (χ0v) is 18.9. The van der Waals surface area contributed by atoms with Crippen LogP contribution in [0.5, 0.6) is 0 Å². The summed E-state index contributed by atoms with van der Waals surface area (Å²) in [5.41, 5.74) is -0.341. The molecule has 0 spiro atoms. The van der Waals surface area contributed by atoms with Crippen LogP contribution >= 0.6 is 0 Å². The fraction of sp³-hybridized carbons (Fsp3) is 0.417. The Morgan fingerprint density at radius 3 is 2.15 bits per heavy atom. The summed E-state index contributed by atoms with van der Waals surface area (Å²) < 4.78 is 44.5. The highest BCUT2D eigenvalue weighted by molar-refractivity contribution is 5.87. The van der Waals surface area contributed by atoms with Gasteiger partial charge in [0.05, 0.1) is 5.56 Å². The summed E-state index contributed by atoms with van der Waals surface area (Å²) in [4.78, 5) is 29.1. The van der Waals surface area contributed by atoms with Crippen molar-refractivity contribution < 1.29 is 27.5 Å². The van der Waals surface area contributed by atoms with Gasteiger partial charge in [0.25, 0.3) is 0 Å². The zero-order chi connectivity index (χ0) is 24.2. The highest BCUT2D eigenvalue weighted by Crippen LogP contribution is 2.32. The predicted octanol–water partition coefficient (Wildman–Crippen LogP) is 4.62. The first-order valence-corrected chi connectivity index (χ1v) is 10.7. The first-order valence-electron chi connectivity index (χ1n) is 10.7. The molecule has 0 bridgehead atoms. The molecule has 1 aliphatic rings. The smallest absolute Gasteiger partial charge is 0.416 e. The minimum absolute atomic E-state index is 0.296. The van der Waals surface area contributed by atoms with Crippen molar-refractivity contribution in [2.45, 2.75) is 38.6 Å². The lowest BCUT2D eigenvalue weighted by Gasteiger charge is -2.38. The van der Waals surface area contributed by atoms with Gasteiger partial charge in [-0.05, 0) is 44.5 Å². The van der Waals surface area contributed by atoms with Crippen LogP contribution in [0.15, 0.2) is 54.6 Å². The lowest BCUT2D eigenvalue weighted by molar-refractivity contribution is -0.137. The van der Waals surface area contributed by atoms with Crippen LogP contribution in [0.3, 0.4) is 0 Å². The van der Waals surface area contributed by atoms with Gasteiger partial charge in [0.1, 0.15) is 11.6 Å². The second-order valence-electron chi connectivity index (χ2n) is 8.85. The van der Waals surface area contributed by atoms with Gasteiger partial charge in [-0.15, -0.1) is 0 Å². The number of carbonyl (C=O) groups is 2. The molecule has 1 heterocycles. The van der Waals surface area contributed by atoms with Crippen molar-refractivity contribution in [3.05, 3.63) is 65.7 Å². The molecule has 2 aromatic carbocycles. The molecule has 2 aromatic rings. The van der Waals surface area contributed by atoms with E-state index in [1.807, 2.05) is 11.0 Å². The van der Waals surface area contributed by atoms with E-state index in [1.165, 1.54) is 6.07 Å². The van der Waals surface area contributed by atoms with Gasteiger partial charge in [-0.1, -0.05) is 36.4 Å². The van der Waals surface area contributed by atoms with Crippen molar-refractivity contribution in [2.75, 3.05) is 31.1 Å². The maximum atomic E-state index is 13.3. The molecule has 0 radical (unpaired) electrons. The van der Waals surface area contributed by atoms with Crippen LogP contribution in [-0.2, 0) is 15.7 Å². The summed E-state index contributed by atoms with van der Waals surface area (Å²) in [6, 6.07) is 13.1. The molecule has 0 aliphatic carbocycles. The van der Waals surface area contributed by atoms with Crippen molar-refractivity contribution in [1.82, 2.24) is 10.2 Å². The van der Waals surface area contributed by atoms with E-state index >= 15 is 0 Å². The highest BCUT2D eigenvalue weighted by Gasteiger charge is 2.33. The summed E-state index contributed by atoms with van der Waals surface area (Å²) >= 11 is 0. The number of ether oxygens (including phenoxy) is 1. The Morgan fingerprint density at radius 2 is 1.58 bits per heavy atom. The third-order valence-electron chi connectivity index (χ3n) is 5.17. The molecule has 1 aliphatic heterocycles. The van der Waals surface area contributed by atoms with Crippen LogP contribution < -0.4 is 10.2 Å². The predicted molar refractivity (Wildman–Crippen MR) is 119 cm³/mol. The monoisotopic (exact) mass is 463 g/mol. The highest BCUT2D eigenvalue weighted by atomic mass is 19.4. The van der Waals surface area contributed by atoms with Gasteiger partial charge in [0.2, 0.25) is 5.91 Å². The third kappa shape index (κ3) is 6.63. The Bertz CT molecular complexity index is 966. The van der Waals surface area contributed by atoms with E-state index in [4.69, 9.17) is 4.74 Å². The van der Waals surface area contributed by atoms with Gasteiger partial charge >= 0.3 is 12.3 Å². The number of amides is 2. The van der Waals surface area contributed by atoms with Gasteiger partial charge in [-0.25, -0.2) is 4.79 Å². The van der Waals surface area contributed by atoms with Gasteiger partial charge in [-0.2, -0.15) is 13.2 Å². The molecule has 1 unspecified atom stereocenters. The van der Waals surface area contributed by atoms with Crippen molar-refractivity contribution in [2.24, 2.45) is 0 Å². The average Bonchev–Trinajstić information content (AvgIpc) is 2.76. The molecule has 3 rings (SSSR count). The molecule has 9 heteroatoms. The van der Waals surface area contributed by atoms with Crippen LogP contribution in [0.2, 0.25) is 0 Å². The molecular formula is C24H28F3N3O3. The van der Waals surface area contributed by atoms with E-state index in [0.717, 1.165) is 12.1 Å². The largest absolute Gasteiger partial charge is 0.444 e. The van der Waals surface area contributed by atoms with Crippen LogP contribution in [0.25, 0.3) is 0 Å². The number of alkyl halides is 3. The van der Waals surface area contributed by atoms with Gasteiger partial charge in [0, 0.05) is 31.9 Å². The number of hydrogen-bond donors (Lipinski definition) is 1. The van der Waals surface area contributed by atoms with Gasteiger partial charge in [0.15, 0.2) is 0 Å². The van der Waals surface area contributed by atoms with E-state index in [9.17, 15) is 22.8 Å². The molecule has 1 saturated heterocycles. The Morgan fingerprint density at radius 1 is 0.939 bits per heavy atom. The number of piperazine rings is 1. The fourth-order valence-electron chi connectivity index (χ4n) is 3.61. The Labute approximate surface area is 191 Å². The van der Waals surface area contributed by atoms with E-state index in [-0.39, 0.29) is 5.91 Å². The van der Waals surface area contributed by atoms with Crippen LogP contribution in [0.4, 0.5) is 23.7 Å². The number of anilines is 1. The number of carbonyl (C=O) groups excluding carboxylic acids is 2. The summed E-state index contributed by atoms with van der Waals surface area (Å²) in [5, 5.41) is 2.66. The normalized spacial score (nSPS) is 15.7. The number of nitrogens with zero attached hydrogens (tertiary/aromatic N) is 2. The number of nitrogens with one attached hydrogen (secondary N) is 1. The van der Waals surface area contributed by atoms with Crippen molar-refractivity contribution in [3.63, 3.8) is 0 Å². The Hall–Kier alpha value is -3.23. The molecule has 1 fully saturated rings. The lowest BCUT2D eigenvalue weighted by Crippen LogP contribution is -2.52. The molecule has 1 N–H and O–H groups in total. The second-order valence-corrected chi connectivity index (χ2v) is 8.85. The number of rotatable bonds is 4. The van der Waals surface area contributed by atoms with Gasteiger partial charge in [-0.3, -0.25) is 4.79 Å². The van der Waals surface area contributed by atoms with E-state index in [0.29, 0.717) is 37.4 Å². The Balaban J connectivity index is 1.70. The SMILES string of the molecule is CC(C)(C)OC(=O)NC(C(=O)N1CCN(c2cccc(C(F)(F)F)c2)CC1)c1ccccc1. The zero-order valence-electron chi connectivity index (χ0n) is 18.9. The minimum Gasteiger partial charge on any atom is -0.444 e. The minimum atomic E-state index is -4.41. The first-order chi connectivity index (χ1) is 15.4. The summed E-state index contributed by atoms with van der Waals surface area (Å²) in [6.45, 7) is 6.58. The first kappa shape index (κ1) is 24.4. The van der Waals surface area contributed by atoms with Crippen molar-refractivity contribution >= 4 is 17.7 Å². The van der Waals surface area contributed by atoms with Crippen LogP contribution in [0, 0.1) is 0 Å². The fourth-order valence-corrected chi connectivity index (χ4v) is 3.61. The number of halogens is 3. The summed E-state index contributed by atoms with van der Waals surface area (Å²) in [6.07, 6.45) is -5.11. The van der Waals surface area contributed by atoms with E-state index in [1.54, 1.807) is 56.0 Å². The topological polar surface area (TPSA) is 61.9 Å². The van der Waals surface area contributed by atoms with Crippen molar-refractivity contribution in [3.8, 4) is 0 Å². The van der Waals surface area contributed by atoms with Crippen LogP contribution in [-0.4, -0.2) is 48.7 Å². The summed E-state index contributed by atoms with van der Waals surface area (Å²) in [7, 11) is 0. The molecule has 1 atom stereocenters. The molecule has 0 saturated carbocycles. The number of hydrogen-bond acceptors (Lipinski definition) is 4. The van der Waals surface area contributed by atoms with Gasteiger partial charge < -0.3 is 19.9 Å². The molecule has 33 heavy (non-hydrogen) atoms. The quantitative estimate of drug-likeness (QED) is 0.719. The lowest BCUT2D eigenvalue weighted by atomic mass is 10.1. The van der Waals surface area contributed by atoms with E-state index < -0.39 is 29.5 Å². The molecule has 2 amide bonds. The maximum Gasteiger partial charge on any atom is 0.416 e. The maximum absolute atomic E-state index is 13.3. The van der Waals surface area contributed by atoms with Crippen LogP contribution in [0.1, 0.15) is 37.9 Å². The van der Waals surface area contributed by atoms with E-state index in [2.05, 4.69) is 5.32 Å². The molecule has 6 nitrogen and oxygen atoms in total. The average molecular weight is 464 g/mol. The van der Waals surface area contributed by atoms with Crippen molar-refractivity contribution in [1.29, 1.82) is 0 Å². The number of alkyl carbamates (subject to hydrolysis) is 1. The second kappa shape index (κ2) is 9.72. The third-order valence-corrected chi connectivity index (χ3v) is 5.17. The molecule has 0 aromatic heterocycles.